The van der Waals surface area contributed by atoms with E-state index in [9.17, 15) is 4.39 Å². The first-order valence-electron chi connectivity index (χ1n) is 9.37. The van der Waals surface area contributed by atoms with Gasteiger partial charge in [0, 0.05) is 35.3 Å². The van der Waals surface area contributed by atoms with Gasteiger partial charge in [-0.05, 0) is 56.3 Å². The highest BCUT2D eigenvalue weighted by Crippen LogP contribution is 2.26. The van der Waals surface area contributed by atoms with Crippen LogP contribution >= 0.6 is 23.2 Å². The molecule has 0 unspecified atom stereocenters. The standard InChI is InChI=1S/C21H25Cl2FN2O/c1-2-26-10-4-5-17(26)13-25-12-15-11-16(22)8-9-21(15)27-14-18-19(23)6-3-7-20(18)24/h3,6-9,11,17,25H,2,4-5,10,12-14H2,1H3/t17-/m0/s1. The molecule has 0 radical (unpaired) electrons. The third-order valence-electron chi connectivity index (χ3n) is 5.06. The molecule has 3 rings (SSSR count). The Bertz CT molecular complexity index is 752. The molecule has 1 fully saturated rings. The number of rotatable bonds is 8. The molecule has 27 heavy (non-hydrogen) atoms. The minimum absolute atomic E-state index is 0.0758. The predicted molar refractivity (Wildman–Crippen MR) is 109 cm³/mol. The molecule has 1 aliphatic heterocycles. The summed E-state index contributed by atoms with van der Waals surface area (Å²) < 4.78 is 19.8. The lowest BCUT2D eigenvalue weighted by molar-refractivity contribution is 0.258. The van der Waals surface area contributed by atoms with Gasteiger partial charge in [-0.15, -0.1) is 0 Å². The molecule has 0 aromatic heterocycles. The largest absolute Gasteiger partial charge is 0.488 e. The van der Waals surface area contributed by atoms with Gasteiger partial charge in [0.1, 0.15) is 18.2 Å². The van der Waals surface area contributed by atoms with Crippen LogP contribution in [0.15, 0.2) is 36.4 Å². The highest BCUT2D eigenvalue weighted by atomic mass is 35.5. The van der Waals surface area contributed by atoms with E-state index in [0.29, 0.717) is 33.9 Å². The van der Waals surface area contributed by atoms with Crippen molar-refractivity contribution in [1.29, 1.82) is 0 Å². The maximum atomic E-state index is 14.0. The van der Waals surface area contributed by atoms with Crippen LogP contribution in [0.1, 0.15) is 30.9 Å². The lowest BCUT2D eigenvalue weighted by atomic mass is 10.1. The molecule has 1 N–H and O–H groups in total. The summed E-state index contributed by atoms with van der Waals surface area (Å²) in [7, 11) is 0. The van der Waals surface area contributed by atoms with Crippen LogP contribution in [0.3, 0.4) is 0 Å². The Morgan fingerprint density at radius 2 is 2.11 bits per heavy atom. The molecule has 0 aliphatic carbocycles. The number of hydrogen-bond acceptors (Lipinski definition) is 3. The molecular weight excluding hydrogens is 386 g/mol. The molecule has 6 heteroatoms. The van der Waals surface area contributed by atoms with E-state index in [0.717, 1.165) is 18.7 Å². The molecule has 1 saturated heterocycles. The highest BCUT2D eigenvalue weighted by Gasteiger charge is 2.22. The molecule has 1 aliphatic rings. The molecule has 2 aromatic carbocycles. The van der Waals surface area contributed by atoms with Crippen molar-refractivity contribution in [2.45, 2.75) is 39.0 Å². The van der Waals surface area contributed by atoms with Crippen molar-refractivity contribution in [2.75, 3.05) is 19.6 Å². The number of halogens is 3. The van der Waals surface area contributed by atoms with E-state index in [4.69, 9.17) is 27.9 Å². The van der Waals surface area contributed by atoms with Crippen molar-refractivity contribution in [3.05, 3.63) is 63.4 Å². The van der Waals surface area contributed by atoms with Gasteiger partial charge >= 0.3 is 0 Å². The van der Waals surface area contributed by atoms with Crippen LogP contribution in [0.2, 0.25) is 10.0 Å². The topological polar surface area (TPSA) is 24.5 Å². The van der Waals surface area contributed by atoms with E-state index in [1.807, 2.05) is 12.1 Å². The molecule has 2 aromatic rings. The molecule has 0 bridgehead atoms. The Kier molecular flexibility index (Phi) is 7.36. The Labute approximate surface area is 170 Å². The van der Waals surface area contributed by atoms with Gasteiger partial charge in [0.25, 0.3) is 0 Å². The molecule has 146 valence electrons. The van der Waals surface area contributed by atoms with Crippen molar-refractivity contribution >= 4 is 23.2 Å². The lowest BCUT2D eigenvalue weighted by Gasteiger charge is -2.23. The highest BCUT2D eigenvalue weighted by molar-refractivity contribution is 6.31. The first-order chi connectivity index (χ1) is 13.1. The fourth-order valence-electron chi connectivity index (χ4n) is 3.56. The molecule has 3 nitrogen and oxygen atoms in total. The Morgan fingerprint density at radius 3 is 2.89 bits per heavy atom. The second-order valence-corrected chi connectivity index (χ2v) is 7.64. The van der Waals surface area contributed by atoms with Gasteiger partial charge in [-0.3, -0.25) is 4.90 Å². The van der Waals surface area contributed by atoms with Crippen LogP contribution in [0.5, 0.6) is 5.75 Å². The van der Waals surface area contributed by atoms with Gasteiger partial charge in [-0.1, -0.05) is 36.2 Å². The first-order valence-corrected chi connectivity index (χ1v) is 10.1. The number of hydrogen-bond donors (Lipinski definition) is 1. The van der Waals surface area contributed by atoms with E-state index < -0.39 is 0 Å². The van der Waals surface area contributed by atoms with Crippen LogP contribution in [0.25, 0.3) is 0 Å². The number of likely N-dealkylation sites (tertiary alicyclic amines) is 1. The summed E-state index contributed by atoms with van der Waals surface area (Å²) >= 11 is 12.2. The van der Waals surface area contributed by atoms with Crippen LogP contribution in [0.4, 0.5) is 4.39 Å². The third-order valence-corrected chi connectivity index (χ3v) is 5.65. The zero-order valence-corrected chi connectivity index (χ0v) is 17.0. The molecule has 0 amide bonds. The van der Waals surface area contributed by atoms with Gasteiger partial charge in [0.05, 0.1) is 5.02 Å². The second-order valence-electron chi connectivity index (χ2n) is 6.80. The fourth-order valence-corrected chi connectivity index (χ4v) is 3.98. The maximum absolute atomic E-state index is 14.0. The minimum atomic E-state index is -0.364. The van der Waals surface area contributed by atoms with Crippen LogP contribution in [-0.4, -0.2) is 30.6 Å². The zero-order valence-electron chi connectivity index (χ0n) is 15.5. The third kappa shape index (κ3) is 5.35. The maximum Gasteiger partial charge on any atom is 0.131 e. The number of nitrogens with zero attached hydrogens (tertiary/aromatic N) is 1. The van der Waals surface area contributed by atoms with Crippen molar-refractivity contribution in [3.63, 3.8) is 0 Å². The summed E-state index contributed by atoms with van der Waals surface area (Å²) in [4.78, 5) is 2.50. The quantitative estimate of drug-likeness (QED) is 0.639. The van der Waals surface area contributed by atoms with Crippen molar-refractivity contribution in [1.82, 2.24) is 10.2 Å². The number of ether oxygens (including phenoxy) is 1. The fraction of sp³-hybridized carbons (Fsp3) is 0.429. The van der Waals surface area contributed by atoms with E-state index in [2.05, 4.69) is 17.1 Å². The molecular formula is C21H25Cl2FN2O. The minimum Gasteiger partial charge on any atom is -0.488 e. The number of likely N-dealkylation sites (N-methyl/N-ethyl adjacent to an activating group) is 1. The summed E-state index contributed by atoms with van der Waals surface area (Å²) in [5.41, 5.74) is 1.31. The normalized spacial score (nSPS) is 17.4. The van der Waals surface area contributed by atoms with Gasteiger partial charge in [0.2, 0.25) is 0 Å². The average molecular weight is 411 g/mol. The Morgan fingerprint density at radius 1 is 1.26 bits per heavy atom. The van der Waals surface area contributed by atoms with E-state index in [1.54, 1.807) is 18.2 Å². The van der Waals surface area contributed by atoms with Crippen LogP contribution < -0.4 is 10.1 Å². The SMILES string of the molecule is CCN1CCC[C@H]1CNCc1cc(Cl)ccc1OCc1c(F)cccc1Cl. The first kappa shape index (κ1) is 20.4. The molecule has 1 heterocycles. The predicted octanol–water partition coefficient (Wildman–Crippen LogP) is 5.29. The van der Waals surface area contributed by atoms with Crippen molar-refractivity contribution in [2.24, 2.45) is 0 Å². The van der Waals surface area contributed by atoms with Crippen molar-refractivity contribution < 1.29 is 9.13 Å². The van der Waals surface area contributed by atoms with E-state index in [-0.39, 0.29) is 12.4 Å². The smallest absolute Gasteiger partial charge is 0.131 e. The number of nitrogens with one attached hydrogen (secondary N) is 1. The average Bonchev–Trinajstić information content (AvgIpc) is 3.10. The van der Waals surface area contributed by atoms with Gasteiger partial charge < -0.3 is 10.1 Å². The van der Waals surface area contributed by atoms with Gasteiger partial charge in [-0.25, -0.2) is 4.39 Å². The summed E-state index contributed by atoms with van der Waals surface area (Å²) in [6.45, 7) is 6.12. The summed E-state index contributed by atoms with van der Waals surface area (Å²) in [6, 6.07) is 10.7. The van der Waals surface area contributed by atoms with Gasteiger partial charge in [0.15, 0.2) is 0 Å². The van der Waals surface area contributed by atoms with Crippen LogP contribution in [-0.2, 0) is 13.2 Å². The zero-order chi connectivity index (χ0) is 19.2. The van der Waals surface area contributed by atoms with Crippen molar-refractivity contribution in [3.8, 4) is 5.75 Å². The van der Waals surface area contributed by atoms with E-state index >= 15 is 0 Å². The van der Waals surface area contributed by atoms with Gasteiger partial charge in [-0.2, -0.15) is 0 Å². The molecule has 0 spiro atoms. The second kappa shape index (κ2) is 9.74. The summed E-state index contributed by atoms with van der Waals surface area (Å²) in [5.74, 6) is 0.321. The lowest BCUT2D eigenvalue weighted by Crippen LogP contribution is -2.37. The summed E-state index contributed by atoms with van der Waals surface area (Å²) in [6.07, 6.45) is 2.49. The molecule has 0 saturated carbocycles. The van der Waals surface area contributed by atoms with E-state index in [1.165, 1.54) is 25.5 Å². The Hall–Kier alpha value is -1.33. The Balaban J connectivity index is 1.62. The monoisotopic (exact) mass is 410 g/mol. The van der Waals surface area contributed by atoms with Crippen LogP contribution in [0, 0.1) is 5.82 Å². The summed E-state index contributed by atoms with van der Waals surface area (Å²) in [5, 5.41) is 4.53. The molecule has 1 atom stereocenters. The number of benzene rings is 2.